The molecule has 0 saturated carbocycles. The van der Waals surface area contributed by atoms with E-state index < -0.39 is 6.04 Å². The summed E-state index contributed by atoms with van der Waals surface area (Å²) in [5.74, 6) is -0.298. The lowest BCUT2D eigenvalue weighted by Crippen LogP contribution is -2.51. The third-order valence-corrected chi connectivity index (χ3v) is 5.27. The van der Waals surface area contributed by atoms with Crippen LogP contribution in [0, 0.1) is 5.82 Å². The number of hydrogen-bond donors (Lipinski definition) is 0. The summed E-state index contributed by atoms with van der Waals surface area (Å²) in [6.45, 7) is 1.55. The molecule has 0 radical (unpaired) electrons. The molecule has 0 aliphatic carbocycles. The zero-order valence-corrected chi connectivity index (χ0v) is 14.5. The lowest BCUT2D eigenvalue weighted by atomic mass is 9.99. The topological polar surface area (TPSA) is 40.6 Å². The molecule has 2 heterocycles. The molecule has 2 aromatic rings. The SMILES string of the molecule is O=C(C1CCCC(=O)N1Cc1ccc(F)cc1)N1Cc2ccccc2C1. The van der Waals surface area contributed by atoms with E-state index in [4.69, 9.17) is 0 Å². The quantitative estimate of drug-likeness (QED) is 0.851. The zero-order chi connectivity index (χ0) is 18.1. The van der Waals surface area contributed by atoms with Gasteiger partial charge in [-0.15, -0.1) is 0 Å². The molecule has 1 saturated heterocycles. The first kappa shape index (κ1) is 16.8. The molecule has 4 nitrogen and oxygen atoms in total. The van der Waals surface area contributed by atoms with Gasteiger partial charge in [0.2, 0.25) is 11.8 Å². The average Bonchev–Trinajstić information content (AvgIpc) is 3.09. The molecule has 2 aliphatic rings. The van der Waals surface area contributed by atoms with Gasteiger partial charge in [-0.05, 0) is 41.7 Å². The van der Waals surface area contributed by atoms with E-state index in [1.165, 1.54) is 23.3 Å². The summed E-state index contributed by atoms with van der Waals surface area (Å²) in [4.78, 5) is 29.1. The molecular weight excluding hydrogens is 331 g/mol. The number of amides is 2. The van der Waals surface area contributed by atoms with Gasteiger partial charge in [0.25, 0.3) is 0 Å². The Bertz CT molecular complexity index is 809. The van der Waals surface area contributed by atoms with Crippen LogP contribution in [0.25, 0.3) is 0 Å². The van der Waals surface area contributed by atoms with Gasteiger partial charge in [0, 0.05) is 26.1 Å². The molecule has 26 heavy (non-hydrogen) atoms. The Hall–Kier alpha value is -2.69. The van der Waals surface area contributed by atoms with E-state index in [0.717, 1.165) is 12.0 Å². The summed E-state index contributed by atoms with van der Waals surface area (Å²) in [6.07, 6.45) is 1.87. The lowest BCUT2D eigenvalue weighted by Gasteiger charge is -2.36. The minimum absolute atomic E-state index is 0.00404. The summed E-state index contributed by atoms with van der Waals surface area (Å²) < 4.78 is 13.1. The molecule has 134 valence electrons. The molecule has 1 unspecified atom stereocenters. The van der Waals surface area contributed by atoms with Crippen LogP contribution in [0.1, 0.15) is 36.0 Å². The first-order valence-corrected chi connectivity index (χ1v) is 9.01. The highest BCUT2D eigenvalue weighted by atomic mass is 19.1. The van der Waals surface area contributed by atoms with Crippen LogP contribution in [0.3, 0.4) is 0 Å². The number of hydrogen-bond acceptors (Lipinski definition) is 2. The summed E-state index contributed by atoms with van der Waals surface area (Å²) in [7, 11) is 0. The van der Waals surface area contributed by atoms with Gasteiger partial charge < -0.3 is 9.80 Å². The molecule has 2 aromatic carbocycles. The maximum atomic E-state index is 13.1. The van der Waals surface area contributed by atoms with Crippen LogP contribution >= 0.6 is 0 Å². The maximum Gasteiger partial charge on any atom is 0.245 e. The number of likely N-dealkylation sites (tertiary alicyclic amines) is 1. The van der Waals surface area contributed by atoms with Crippen molar-refractivity contribution in [2.75, 3.05) is 0 Å². The molecule has 0 N–H and O–H groups in total. The molecule has 1 atom stereocenters. The van der Waals surface area contributed by atoms with Gasteiger partial charge >= 0.3 is 0 Å². The number of carbonyl (C=O) groups excluding carboxylic acids is 2. The van der Waals surface area contributed by atoms with Gasteiger partial charge in [-0.2, -0.15) is 0 Å². The molecule has 0 spiro atoms. The smallest absolute Gasteiger partial charge is 0.245 e. The summed E-state index contributed by atoms with van der Waals surface area (Å²) >= 11 is 0. The van der Waals surface area contributed by atoms with E-state index in [0.29, 0.717) is 32.5 Å². The van der Waals surface area contributed by atoms with Crippen molar-refractivity contribution < 1.29 is 14.0 Å². The first-order valence-electron chi connectivity index (χ1n) is 9.01. The van der Waals surface area contributed by atoms with E-state index in [1.807, 2.05) is 29.2 Å². The van der Waals surface area contributed by atoms with Crippen LogP contribution in [-0.4, -0.2) is 27.7 Å². The Labute approximate surface area is 152 Å². The lowest BCUT2D eigenvalue weighted by molar-refractivity contribution is -0.150. The fourth-order valence-electron chi connectivity index (χ4n) is 3.86. The van der Waals surface area contributed by atoms with E-state index in [9.17, 15) is 14.0 Å². The third-order valence-electron chi connectivity index (χ3n) is 5.27. The number of halogens is 1. The minimum Gasteiger partial charge on any atom is -0.332 e. The highest BCUT2D eigenvalue weighted by Crippen LogP contribution is 2.27. The van der Waals surface area contributed by atoms with E-state index >= 15 is 0 Å². The van der Waals surface area contributed by atoms with Gasteiger partial charge in [0.05, 0.1) is 0 Å². The molecule has 0 aromatic heterocycles. The Morgan fingerprint density at radius 2 is 1.69 bits per heavy atom. The van der Waals surface area contributed by atoms with Crippen LogP contribution in [0.2, 0.25) is 0 Å². The van der Waals surface area contributed by atoms with E-state index in [1.54, 1.807) is 17.0 Å². The van der Waals surface area contributed by atoms with Crippen LogP contribution in [0.15, 0.2) is 48.5 Å². The third kappa shape index (κ3) is 3.21. The molecular formula is C21H21FN2O2. The van der Waals surface area contributed by atoms with Crippen LogP contribution in [0.4, 0.5) is 4.39 Å². The van der Waals surface area contributed by atoms with Crippen molar-refractivity contribution in [2.24, 2.45) is 0 Å². The van der Waals surface area contributed by atoms with Crippen LogP contribution in [-0.2, 0) is 29.2 Å². The van der Waals surface area contributed by atoms with Gasteiger partial charge in [-0.1, -0.05) is 36.4 Å². The zero-order valence-electron chi connectivity index (χ0n) is 14.5. The van der Waals surface area contributed by atoms with Crippen molar-refractivity contribution >= 4 is 11.8 Å². The maximum absolute atomic E-state index is 13.1. The highest BCUT2D eigenvalue weighted by molar-refractivity contribution is 5.89. The Kier molecular flexibility index (Phi) is 4.45. The largest absolute Gasteiger partial charge is 0.332 e. The standard InChI is InChI=1S/C21H21FN2O2/c22-18-10-8-15(9-11-18)12-24-19(6-3-7-20(24)25)21(26)23-13-16-4-1-2-5-17(16)14-23/h1-2,4-5,8-11,19H,3,6-7,12-14H2. The predicted molar refractivity (Wildman–Crippen MR) is 95.3 cm³/mol. The number of benzene rings is 2. The summed E-state index contributed by atoms with van der Waals surface area (Å²) in [6, 6.07) is 13.7. The van der Waals surface area contributed by atoms with Gasteiger partial charge in [-0.3, -0.25) is 9.59 Å². The van der Waals surface area contributed by atoms with Crippen molar-refractivity contribution in [2.45, 2.75) is 44.9 Å². The molecule has 0 bridgehead atoms. The second-order valence-corrected chi connectivity index (χ2v) is 7.02. The Morgan fingerprint density at radius 3 is 2.35 bits per heavy atom. The van der Waals surface area contributed by atoms with Crippen molar-refractivity contribution in [3.63, 3.8) is 0 Å². The molecule has 1 fully saturated rings. The van der Waals surface area contributed by atoms with Crippen molar-refractivity contribution in [1.82, 2.24) is 9.80 Å². The average molecular weight is 352 g/mol. The Morgan fingerprint density at radius 1 is 1.04 bits per heavy atom. The molecule has 4 rings (SSSR count). The number of rotatable bonds is 3. The highest BCUT2D eigenvalue weighted by Gasteiger charge is 2.37. The first-order chi connectivity index (χ1) is 12.6. The number of carbonyl (C=O) groups is 2. The minimum atomic E-state index is -0.435. The summed E-state index contributed by atoms with van der Waals surface area (Å²) in [5, 5.41) is 0. The van der Waals surface area contributed by atoms with E-state index in [-0.39, 0.29) is 17.6 Å². The molecule has 5 heteroatoms. The molecule has 2 aliphatic heterocycles. The van der Waals surface area contributed by atoms with Gasteiger partial charge in [-0.25, -0.2) is 4.39 Å². The monoisotopic (exact) mass is 352 g/mol. The predicted octanol–water partition coefficient (Wildman–Crippen LogP) is 3.25. The normalized spacial score (nSPS) is 19.6. The summed E-state index contributed by atoms with van der Waals surface area (Å²) in [5.41, 5.74) is 3.19. The van der Waals surface area contributed by atoms with Crippen LogP contribution < -0.4 is 0 Å². The number of nitrogens with zero attached hydrogens (tertiary/aromatic N) is 2. The van der Waals surface area contributed by atoms with E-state index in [2.05, 4.69) is 0 Å². The van der Waals surface area contributed by atoms with Crippen molar-refractivity contribution in [3.05, 3.63) is 71.0 Å². The fourth-order valence-corrected chi connectivity index (χ4v) is 3.86. The van der Waals surface area contributed by atoms with Crippen molar-refractivity contribution in [1.29, 1.82) is 0 Å². The van der Waals surface area contributed by atoms with Gasteiger partial charge in [0.15, 0.2) is 0 Å². The van der Waals surface area contributed by atoms with Crippen LogP contribution in [0.5, 0.6) is 0 Å². The Balaban J connectivity index is 1.52. The molecule has 2 amide bonds. The second-order valence-electron chi connectivity index (χ2n) is 7.02. The number of piperidine rings is 1. The number of fused-ring (bicyclic) bond motifs is 1. The van der Waals surface area contributed by atoms with Gasteiger partial charge in [0.1, 0.15) is 11.9 Å². The fraction of sp³-hybridized carbons (Fsp3) is 0.333. The van der Waals surface area contributed by atoms with Crippen molar-refractivity contribution in [3.8, 4) is 0 Å². The second kappa shape index (κ2) is 6.90.